The van der Waals surface area contributed by atoms with Crippen molar-refractivity contribution in [1.82, 2.24) is 0 Å². The number of ether oxygens (including phenoxy) is 1. The van der Waals surface area contributed by atoms with Crippen molar-refractivity contribution in [1.29, 1.82) is 0 Å². The first-order valence-electron chi connectivity index (χ1n) is 6.63. The smallest absolute Gasteiger partial charge is 0.339 e. The van der Waals surface area contributed by atoms with Gasteiger partial charge in [-0.3, -0.25) is 0 Å². The molecule has 1 unspecified atom stereocenters. The maximum Gasteiger partial charge on any atom is 0.339 e. The van der Waals surface area contributed by atoms with Gasteiger partial charge in [-0.05, 0) is 30.5 Å². The minimum absolute atomic E-state index is 0.261. The van der Waals surface area contributed by atoms with E-state index < -0.39 is 12.1 Å². The van der Waals surface area contributed by atoms with Crippen molar-refractivity contribution >= 4 is 5.97 Å². The van der Waals surface area contributed by atoms with E-state index in [-0.39, 0.29) is 6.61 Å². The number of aliphatic hydroxyl groups is 1. The van der Waals surface area contributed by atoms with Crippen LogP contribution in [0.5, 0.6) is 0 Å². The van der Waals surface area contributed by atoms with E-state index in [0.29, 0.717) is 5.56 Å². The SMILES string of the molecule is CCOC(=O)C(O)c1ccc(-c2ccc(C)cc2)cc1. The van der Waals surface area contributed by atoms with Gasteiger partial charge in [-0.25, -0.2) is 4.79 Å². The molecule has 1 N–H and O–H groups in total. The lowest BCUT2D eigenvalue weighted by Crippen LogP contribution is -2.15. The molecule has 0 saturated heterocycles. The molecule has 0 fully saturated rings. The highest BCUT2D eigenvalue weighted by molar-refractivity contribution is 5.76. The summed E-state index contributed by atoms with van der Waals surface area (Å²) in [7, 11) is 0. The summed E-state index contributed by atoms with van der Waals surface area (Å²) in [6.07, 6.45) is -1.22. The molecule has 0 aliphatic heterocycles. The Balaban J connectivity index is 2.17. The summed E-state index contributed by atoms with van der Waals surface area (Å²) in [6, 6.07) is 15.5. The summed E-state index contributed by atoms with van der Waals surface area (Å²) >= 11 is 0. The zero-order valence-corrected chi connectivity index (χ0v) is 11.7. The number of hydrogen-bond donors (Lipinski definition) is 1. The topological polar surface area (TPSA) is 46.5 Å². The number of aliphatic hydroxyl groups excluding tert-OH is 1. The highest BCUT2D eigenvalue weighted by atomic mass is 16.5. The highest BCUT2D eigenvalue weighted by Gasteiger charge is 2.18. The molecule has 0 saturated carbocycles. The van der Waals surface area contributed by atoms with E-state index in [1.807, 2.05) is 31.2 Å². The van der Waals surface area contributed by atoms with Crippen molar-refractivity contribution in [3.05, 3.63) is 59.7 Å². The lowest BCUT2D eigenvalue weighted by molar-refractivity contribution is -0.153. The van der Waals surface area contributed by atoms with E-state index in [4.69, 9.17) is 4.74 Å². The summed E-state index contributed by atoms with van der Waals surface area (Å²) in [5.41, 5.74) is 3.90. The first kappa shape index (κ1) is 14.3. The fourth-order valence-corrected chi connectivity index (χ4v) is 1.96. The second-order valence-corrected chi connectivity index (χ2v) is 4.64. The largest absolute Gasteiger partial charge is 0.464 e. The number of benzene rings is 2. The van der Waals surface area contributed by atoms with E-state index in [2.05, 4.69) is 12.1 Å². The van der Waals surface area contributed by atoms with Gasteiger partial charge in [0.05, 0.1) is 6.61 Å². The number of rotatable bonds is 4. The average Bonchev–Trinajstić information content (AvgIpc) is 2.48. The van der Waals surface area contributed by atoms with Crippen LogP contribution in [0.4, 0.5) is 0 Å². The second-order valence-electron chi connectivity index (χ2n) is 4.64. The predicted molar refractivity (Wildman–Crippen MR) is 78.2 cm³/mol. The molecule has 3 heteroatoms. The van der Waals surface area contributed by atoms with Crippen LogP contribution in [-0.4, -0.2) is 17.7 Å². The van der Waals surface area contributed by atoms with Gasteiger partial charge in [0.2, 0.25) is 0 Å². The van der Waals surface area contributed by atoms with Gasteiger partial charge in [0.1, 0.15) is 0 Å². The maximum absolute atomic E-state index is 11.5. The van der Waals surface area contributed by atoms with Gasteiger partial charge in [0, 0.05) is 0 Å². The Hall–Kier alpha value is -2.13. The summed E-state index contributed by atoms with van der Waals surface area (Å²) in [4.78, 5) is 11.5. The van der Waals surface area contributed by atoms with Crippen LogP contribution in [0.1, 0.15) is 24.2 Å². The van der Waals surface area contributed by atoms with Gasteiger partial charge < -0.3 is 9.84 Å². The average molecular weight is 270 g/mol. The maximum atomic E-state index is 11.5. The Morgan fingerprint density at radius 3 is 2.05 bits per heavy atom. The van der Waals surface area contributed by atoms with E-state index in [1.54, 1.807) is 19.1 Å². The molecule has 1 atom stereocenters. The fraction of sp³-hybridized carbons (Fsp3) is 0.235. The molecule has 2 aromatic carbocycles. The molecule has 2 aromatic rings. The van der Waals surface area contributed by atoms with Gasteiger partial charge in [-0.1, -0.05) is 54.1 Å². The molecule has 0 bridgehead atoms. The standard InChI is InChI=1S/C17H18O3/c1-3-20-17(19)16(18)15-10-8-14(9-11-15)13-6-4-12(2)5-7-13/h4-11,16,18H,3H2,1-2H3. The van der Waals surface area contributed by atoms with Crippen LogP contribution in [0.15, 0.2) is 48.5 Å². The van der Waals surface area contributed by atoms with Gasteiger partial charge in [0.25, 0.3) is 0 Å². The molecule has 0 heterocycles. The van der Waals surface area contributed by atoms with E-state index >= 15 is 0 Å². The molecule has 0 spiro atoms. The molecule has 0 amide bonds. The van der Waals surface area contributed by atoms with Crippen molar-refractivity contribution < 1.29 is 14.6 Å². The molecule has 104 valence electrons. The third-order valence-electron chi connectivity index (χ3n) is 3.12. The quantitative estimate of drug-likeness (QED) is 0.867. The molecule has 2 rings (SSSR count). The normalized spacial score (nSPS) is 11.9. The van der Waals surface area contributed by atoms with Crippen LogP contribution in [0.2, 0.25) is 0 Å². The zero-order chi connectivity index (χ0) is 14.5. The lowest BCUT2D eigenvalue weighted by atomic mass is 10.0. The molecular formula is C17H18O3. The van der Waals surface area contributed by atoms with Crippen molar-refractivity contribution in [2.45, 2.75) is 20.0 Å². The van der Waals surface area contributed by atoms with Gasteiger partial charge in [0.15, 0.2) is 6.10 Å². The highest BCUT2D eigenvalue weighted by Crippen LogP contribution is 2.23. The van der Waals surface area contributed by atoms with Gasteiger partial charge in [-0.15, -0.1) is 0 Å². The Kier molecular flexibility index (Phi) is 4.53. The van der Waals surface area contributed by atoms with Crippen LogP contribution in [0.25, 0.3) is 11.1 Å². The molecule has 0 aliphatic rings. The summed E-state index contributed by atoms with van der Waals surface area (Å²) in [5, 5.41) is 9.84. The predicted octanol–water partition coefficient (Wildman–Crippen LogP) is 3.26. The lowest BCUT2D eigenvalue weighted by Gasteiger charge is -2.10. The molecule has 0 radical (unpaired) electrons. The van der Waals surface area contributed by atoms with Crippen LogP contribution >= 0.6 is 0 Å². The number of carbonyl (C=O) groups is 1. The van der Waals surface area contributed by atoms with Crippen molar-refractivity contribution in [2.75, 3.05) is 6.61 Å². The van der Waals surface area contributed by atoms with Crippen molar-refractivity contribution in [3.8, 4) is 11.1 Å². The minimum atomic E-state index is -1.22. The van der Waals surface area contributed by atoms with Gasteiger partial charge in [-0.2, -0.15) is 0 Å². The van der Waals surface area contributed by atoms with E-state index in [1.165, 1.54) is 5.56 Å². The zero-order valence-electron chi connectivity index (χ0n) is 11.7. The van der Waals surface area contributed by atoms with Crippen LogP contribution < -0.4 is 0 Å². The Morgan fingerprint density at radius 1 is 1.05 bits per heavy atom. The molecule has 0 aromatic heterocycles. The van der Waals surface area contributed by atoms with Crippen molar-refractivity contribution in [2.24, 2.45) is 0 Å². The molecule has 0 aliphatic carbocycles. The van der Waals surface area contributed by atoms with Crippen LogP contribution in [0.3, 0.4) is 0 Å². The number of hydrogen-bond acceptors (Lipinski definition) is 3. The summed E-state index contributed by atoms with van der Waals surface area (Å²) < 4.78 is 4.80. The Labute approximate surface area is 118 Å². The van der Waals surface area contributed by atoms with Crippen LogP contribution in [0, 0.1) is 6.92 Å². The third-order valence-corrected chi connectivity index (χ3v) is 3.12. The second kappa shape index (κ2) is 6.35. The number of carbonyl (C=O) groups excluding carboxylic acids is 1. The first-order valence-corrected chi connectivity index (χ1v) is 6.63. The van der Waals surface area contributed by atoms with Crippen LogP contribution in [-0.2, 0) is 9.53 Å². The minimum Gasteiger partial charge on any atom is -0.464 e. The van der Waals surface area contributed by atoms with E-state index in [9.17, 15) is 9.90 Å². The first-order chi connectivity index (χ1) is 9.61. The Morgan fingerprint density at radius 2 is 1.55 bits per heavy atom. The third kappa shape index (κ3) is 3.25. The number of esters is 1. The Bertz CT molecular complexity index is 570. The van der Waals surface area contributed by atoms with Crippen molar-refractivity contribution in [3.63, 3.8) is 0 Å². The number of aryl methyl sites for hydroxylation is 1. The summed E-state index contributed by atoms with van der Waals surface area (Å²) in [6.45, 7) is 4.02. The monoisotopic (exact) mass is 270 g/mol. The molecular weight excluding hydrogens is 252 g/mol. The van der Waals surface area contributed by atoms with E-state index in [0.717, 1.165) is 11.1 Å². The molecule has 3 nitrogen and oxygen atoms in total. The molecule has 20 heavy (non-hydrogen) atoms. The fourth-order valence-electron chi connectivity index (χ4n) is 1.96. The summed E-state index contributed by atoms with van der Waals surface area (Å²) in [5.74, 6) is -0.615. The van der Waals surface area contributed by atoms with Gasteiger partial charge >= 0.3 is 5.97 Å².